The third kappa shape index (κ3) is 2.93. The van der Waals surface area contributed by atoms with Gasteiger partial charge in [-0.15, -0.1) is 0 Å². The van der Waals surface area contributed by atoms with E-state index in [0.29, 0.717) is 11.4 Å². The van der Waals surface area contributed by atoms with E-state index in [9.17, 15) is 19.2 Å². The first-order chi connectivity index (χ1) is 11.0. The number of anilines is 2. The fourth-order valence-corrected chi connectivity index (χ4v) is 2.17. The zero-order valence-corrected chi connectivity index (χ0v) is 11.8. The minimum atomic E-state index is -0.978. The lowest BCUT2D eigenvalue weighted by Crippen LogP contribution is -2.42. The lowest BCUT2D eigenvalue weighted by Gasteiger charge is -2.15. The van der Waals surface area contributed by atoms with Gasteiger partial charge >= 0.3 is 6.03 Å². The van der Waals surface area contributed by atoms with Crippen LogP contribution in [0.25, 0.3) is 0 Å². The molecule has 1 aliphatic rings. The molecule has 1 aliphatic heterocycles. The van der Waals surface area contributed by atoms with Crippen LogP contribution < -0.4 is 16.0 Å². The zero-order valence-electron chi connectivity index (χ0n) is 11.8. The van der Waals surface area contributed by atoms with Crippen LogP contribution in [0.2, 0.25) is 0 Å². The number of para-hydroxylation sites is 1. The molecule has 0 fully saturated rings. The molecule has 0 unspecified atom stereocenters. The Morgan fingerprint density at radius 3 is 2.22 bits per heavy atom. The molecule has 2 aromatic carbocycles. The van der Waals surface area contributed by atoms with E-state index in [1.807, 2.05) is 11.4 Å². The van der Waals surface area contributed by atoms with Crippen molar-refractivity contribution in [1.29, 1.82) is 0 Å². The van der Waals surface area contributed by atoms with Gasteiger partial charge in [0.05, 0.1) is 5.56 Å². The number of benzene rings is 2. The van der Waals surface area contributed by atoms with Crippen LogP contribution in [0.3, 0.4) is 0 Å². The molecule has 0 aliphatic carbocycles. The Kier molecular flexibility index (Phi) is 3.60. The smallest absolute Gasteiger partial charge is 0.308 e. The van der Waals surface area contributed by atoms with Crippen LogP contribution in [0.15, 0.2) is 48.5 Å². The Bertz CT molecular complexity index is 830. The maximum atomic E-state index is 11.9. The van der Waals surface area contributed by atoms with Gasteiger partial charge in [-0.25, -0.2) is 4.79 Å². The van der Waals surface area contributed by atoms with Gasteiger partial charge in [0.1, 0.15) is 0 Å². The Morgan fingerprint density at radius 1 is 0.783 bits per heavy atom. The maximum absolute atomic E-state index is 11.9. The summed E-state index contributed by atoms with van der Waals surface area (Å²) in [6, 6.07) is 12.5. The van der Waals surface area contributed by atoms with Crippen LogP contribution >= 0.6 is 0 Å². The summed E-state index contributed by atoms with van der Waals surface area (Å²) >= 11 is 0. The number of hydrogen-bond donors (Lipinski definition) is 3. The highest BCUT2D eigenvalue weighted by Gasteiger charge is 2.30. The van der Waals surface area contributed by atoms with Gasteiger partial charge < -0.3 is 10.6 Å². The summed E-state index contributed by atoms with van der Waals surface area (Å²) in [5, 5.41) is 7.11. The second-order valence-electron chi connectivity index (χ2n) is 4.82. The van der Waals surface area contributed by atoms with Crippen molar-refractivity contribution in [3.05, 3.63) is 59.7 Å². The van der Waals surface area contributed by atoms with Crippen LogP contribution in [-0.4, -0.2) is 23.6 Å². The van der Waals surface area contributed by atoms with Crippen LogP contribution in [0.4, 0.5) is 16.2 Å². The summed E-state index contributed by atoms with van der Waals surface area (Å²) < 4.78 is 0. The highest BCUT2D eigenvalue weighted by Crippen LogP contribution is 2.20. The normalized spacial score (nSPS) is 13.1. The fourth-order valence-electron chi connectivity index (χ4n) is 2.17. The molecule has 0 radical (unpaired) electrons. The molecule has 7 nitrogen and oxygen atoms in total. The molecule has 23 heavy (non-hydrogen) atoms. The van der Waals surface area contributed by atoms with E-state index < -0.39 is 23.6 Å². The van der Waals surface area contributed by atoms with Gasteiger partial charge in [-0.3, -0.25) is 19.7 Å². The molecule has 0 bridgehead atoms. The summed E-state index contributed by atoms with van der Waals surface area (Å²) in [4.78, 5) is 46.7. The topological polar surface area (TPSA) is 104 Å². The quantitative estimate of drug-likeness (QED) is 0.581. The summed E-state index contributed by atoms with van der Waals surface area (Å²) in [5.74, 6) is -2.43. The van der Waals surface area contributed by atoms with Crippen molar-refractivity contribution < 1.29 is 19.2 Å². The number of amides is 4. The molecule has 0 saturated carbocycles. The summed E-state index contributed by atoms with van der Waals surface area (Å²) in [6.07, 6.45) is 0. The van der Waals surface area contributed by atoms with Crippen LogP contribution in [-0.2, 0) is 4.79 Å². The Hall–Kier alpha value is -3.48. The molecular formula is C16H11N3O4. The fraction of sp³-hybridized carbons (Fsp3) is 0. The van der Waals surface area contributed by atoms with E-state index in [-0.39, 0.29) is 11.1 Å². The van der Waals surface area contributed by atoms with Crippen LogP contribution in [0.5, 0.6) is 0 Å². The minimum absolute atomic E-state index is 0.0312. The molecule has 4 amide bonds. The average Bonchev–Trinajstić information content (AvgIpc) is 2.53. The molecular weight excluding hydrogens is 298 g/mol. The first-order valence-corrected chi connectivity index (χ1v) is 6.72. The number of carbonyl (C=O) groups is 4. The Balaban J connectivity index is 1.79. The van der Waals surface area contributed by atoms with Crippen molar-refractivity contribution in [3.8, 4) is 0 Å². The molecule has 114 valence electrons. The summed E-state index contributed by atoms with van der Waals surface area (Å²) in [7, 11) is 0. The molecule has 3 rings (SSSR count). The van der Waals surface area contributed by atoms with Crippen molar-refractivity contribution >= 4 is 35.0 Å². The van der Waals surface area contributed by atoms with Gasteiger partial charge in [0.25, 0.3) is 17.6 Å². The molecule has 0 atom stereocenters. The number of fused-ring (bicyclic) bond motifs is 1. The number of rotatable bonds is 2. The number of hydrogen-bond acceptors (Lipinski definition) is 4. The SMILES string of the molecule is O=C(Nc1ccccc1)Nc1ccc2c(c1)C(=O)C(=O)NC2=O. The molecule has 0 saturated heterocycles. The van der Waals surface area contributed by atoms with Gasteiger partial charge in [-0.1, -0.05) is 18.2 Å². The van der Waals surface area contributed by atoms with E-state index in [1.54, 1.807) is 24.3 Å². The highest BCUT2D eigenvalue weighted by molar-refractivity contribution is 6.49. The average molecular weight is 309 g/mol. The van der Waals surface area contributed by atoms with Crippen LogP contribution in [0.1, 0.15) is 20.7 Å². The first kappa shape index (κ1) is 14.5. The predicted octanol–water partition coefficient (Wildman–Crippen LogP) is 1.78. The van der Waals surface area contributed by atoms with Gasteiger partial charge in [0.2, 0.25) is 0 Å². The van der Waals surface area contributed by atoms with Crippen molar-refractivity contribution in [2.75, 3.05) is 10.6 Å². The van der Waals surface area contributed by atoms with Crippen molar-refractivity contribution in [2.24, 2.45) is 0 Å². The largest absolute Gasteiger partial charge is 0.323 e. The molecule has 2 aromatic rings. The summed E-state index contributed by atoms with van der Waals surface area (Å²) in [6.45, 7) is 0. The number of urea groups is 1. The van der Waals surface area contributed by atoms with E-state index >= 15 is 0 Å². The van der Waals surface area contributed by atoms with Gasteiger partial charge in [0, 0.05) is 16.9 Å². The highest BCUT2D eigenvalue weighted by atomic mass is 16.2. The Labute approximate surface area is 130 Å². The zero-order chi connectivity index (χ0) is 16.4. The maximum Gasteiger partial charge on any atom is 0.323 e. The second-order valence-corrected chi connectivity index (χ2v) is 4.82. The van der Waals surface area contributed by atoms with Crippen molar-refractivity contribution in [1.82, 2.24) is 5.32 Å². The third-order valence-corrected chi connectivity index (χ3v) is 3.23. The van der Waals surface area contributed by atoms with E-state index in [4.69, 9.17) is 0 Å². The van der Waals surface area contributed by atoms with Crippen molar-refractivity contribution in [2.45, 2.75) is 0 Å². The standard InChI is InChI=1S/C16H11N3O4/c20-13-12-8-10(6-7-11(12)14(21)19-15(13)22)18-16(23)17-9-4-2-1-3-5-9/h1-8H,(H2,17,18,23)(H,19,21,22). The molecule has 7 heteroatoms. The third-order valence-electron chi connectivity index (χ3n) is 3.23. The number of imide groups is 1. The Morgan fingerprint density at radius 2 is 1.48 bits per heavy atom. The van der Waals surface area contributed by atoms with E-state index in [2.05, 4.69) is 10.6 Å². The van der Waals surface area contributed by atoms with Crippen LogP contribution in [0, 0.1) is 0 Å². The lowest BCUT2D eigenvalue weighted by atomic mass is 9.98. The number of carbonyl (C=O) groups excluding carboxylic acids is 4. The molecule has 0 aromatic heterocycles. The molecule has 0 spiro atoms. The number of ketones is 1. The lowest BCUT2D eigenvalue weighted by molar-refractivity contribution is -0.116. The molecule has 3 N–H and O–H groups in total. The minimum Gasteiger partial charge on any atom is -0.308 e. The predicted molar refractivity (Wildman–Crippen MR) is 82.3 cm³/mol. The van der Waals surface area contributed by atoms with E-state index in [1.165, 1.54) is 18.2 Å². The molecule has 1 heterocycles. The number of nitrogens with one attached hydrogen (secondary N) is 3. The summed E-state index contributed by atoms with van der Waals surface area (Å²) in [5.41, 5.74) is 0.974. The van der Waals surface area contributed by atoms with E-state index in [0.717, 1.165) is 0 Å². The van der Waals surface area contributed by atoms with Gasteiger partial charge in [0.15, 0.2) is 0 Å². The first-order valence-electron chi connectivity index (χ1n) is 6.72. The monoisotopic (exact) mass is 309 g/mol. The van der Waals surface area contributed by atoms with Crippen molar-refractivity contribution in [3.63, 3.8) is 0 Å². The second kappa shape index (κ2) is 5.72. The van der Waals surface area contributed by atoms with Gasteiger partial charge in [-0.2, -0.15) is 0 Å². The number of Topliss-reactive ketones (excluding diaryl/α,β-unsaturated/α-hetero) is 1. The van der Waals surface area contributed by atoms with Gasteiger partial charge in [-0.05, 0) is 30.3 Å².